The van der Waals surface area contributed by atoms with E-state index in [1.54, 1.807) is 0 Å². The van der Waals surface area contributed by atoms with E-state index in [1.807, 2.05) is 4.90 Å². The molecular weight excluding hydrogens is 313 g/mol. The molecule has 2 N–H and O–H groups in total. The molecule has 2 rings (SSSR count). The van der Waals surface area contributed by atoms with Crippen LogP contribution in [0, 0.1) is 0 Å². The monoisotopic (exact) mass is 341 g/mol. The van der Waals surface area contributed by atoms with Gasteiger partial charge in [-0.2, -0.15) is 0 Å². The minimum atomic E-state index is -0.246. The number of carbonyl (C=O) groups excluding carboxylic acids is 1. The Morgan fingerprint density at radius 3 is 2.43 bits per heavy atom. The average molecular weight is 342 g/mol. The zero-order valence-electron chi connectivity index (χ0n) is 13.0. The fraction of sp³-hybridized carbons (Fsp3) is 0.929. The molecule has 2 aliphatic heterocycles. The predicted octanol–water partition coefficient (Wildman–Crippen LogP) is 1.28. The number of carbonyl (C=O) groups is 1. The lowest BCUT2D eigenvalue weighted by atomic mass is 10.2. The number of hydrogen-bond acceptors (Lipinski definition) is 4. The Morgan fingerprint density at radius 2 is 1.90 bits per heavy atom. The van der Waals surface area contributed by atoms with Gasteiger partial charge in [-0.25, -0.2) is 0 Å². The summed E-state index contributed by atoms with van der Waals surface area (Å²) in [4.78, 5) is 16.8. The van der Waals surface area contributed by atoms with Crippen LogP contribution in [-0.4, -0.2) is 66.7 Å². The fourth-order valence-corrected chi connectivity index (χ4v) is 3.24. The number of nitrogens with two attached hydrogens (primary N) is 1. The summed E-state index contributed by atoms with van der Waals surface area (Å²) in [6.07, 6.45) is 2.66. The Kier molecular flexibility index (Phi) is 9.81. The van der Waals surface area contributed by atoms with E-state index in [2.05, 4.69) is 18.7 Å². The molecule has 7 heteroatoms. The molecule has 0 spiro atoms. The summed E-state index contributed by atoms with van der Waals surface area (Å²) in [7, 11) is 0. The lowest BCUT2D eigenvalue weighted by Crippen LogP contribution is -2.42. The molecule has 0 aromatic carbocycles. The van der Waals surface area contributed by atoms with Gasteiger partial charge >= 0.3 is 0 Å². The third kappa shape index (κ3) is 4.96. The van der Waals surface area contributed by atoms with Gasteiger partial charge in [0.2, 0.25) is 0 Å². The minimum absolute atomic E-state index is 0. The van der Waals surface area contributed by atoms with Crippen molar-refractivity contribution in [2.75, 3.05) is 32.7 Å². The second-order valence-electron chi connectivity index (χ2n) is 5.51. The van der Waals surface area contributed by atoms with Crippen molar-refractivity contribution in [1.82, 2.24) is 9.80 Å². The summed E-state index contributed by atoms with van der Waals surface area (Å²) >= 11 is 0. The van der Waals surface area contributed by atoms with Gasteiger partial charge in [0.05, 0.1) is 6.10 Å². The van der Waals surface area contributed by atoms with Gasteiger partial charge in [0.15, 0.2) is 0 Å². The molecule has 0 saturated carbocycles. The van der Waals surface area contributed by atoms with Crippen molar-refractivity contribution in [3.05, 3.63) is 0 Å². The van der Waals surface area contributed by atoms with Gasteiger partial charge in [0, 0.05) is 25.7 Å². The van der Waals surface area contributed by atoms with Crippen LogP contribution in [0.3, 0.4) is 0 Å². The van der Waals surface area contributed by atoms with Crippen molar-refractivity contribution in [2.24, 2.45) is 5.73 Å². The van der Waals surface area contributed by atoms with E-state index >= 15 is 0 Å². The van der Waals surface area contributed by atoms with E-state index in [-0.39, 0.29) is 42.9 Å². The van der Waals surface area contributed by atoms with E-state index in [0.717, 1.165) is 45.4 Å². The number of likely N-dealkylation sites (N-methyl/N-ethyl adjacent to an activating group) is 1. The number of hydrogen-bond donors (Lipinski definition) is 1. The van der Waals surface area contributed by atoms with Crippen LogP contribution in [0.25, 0.3) is 0 Å². The number of ether oxygens (including phenoxy) is 1. The summed E-state index contributed by atoms with van der Waals surface area (Å²) in [5.74, 6) is 0.172. The van der Waals surface area contributed by atoms with Crippen LogP contribution in [0.15, 0.2) is 0 Å². The number of amides is 1. The number of rotatable bonds is 5. The predicted molar refractivity (Wildman–Crippen MR) is 89.4 cm³/mol. The standard InChI is InChI=1S/C14H27N3O2.2ClH/c1-3-16(4-2)11-7-8-17(10-11)14(18)13-6-5-12(9-15)19-13;;/h11-13H,3-10,15H2,1-2H3;2*1H/t11?,12-,13+;;/m1../s1. The minimum Gasteiger partial charge on any atom is -0.364 e. The highest BCUT2D eigenvalue weighted by Crippen LogP contribution is 2.23. The largest absolute Gasteiger partial charge is 0.364 e. The van der Waals surface area contributed by atoms with Crippen molar-refractivity contribution in [2.45, 2.75) is 51.4 Å². The SMILES string of the molecule is CCN(CC)C1CCN(C(=O)[C@@H]2CC[C@H](CN)O2)C1.Cl.Cl. The highest BCUT2D eigenvalue weighted by Gasteiger charge is 2.36. The molecule has 1 amide bonds. The molecule has 1 unspecified atom stereocenters. The van der Waals surface area contributed by atoms with Crippen LogP contribution in [0.4, 0.5) is 0 Å². The maximum absolute atomic E-state index is 12.4. The van der Waals surface area contributed by atoms with Crippen molar-refractivity contribution in [3.8, 4) is 0 Å². The van der Waals surface area contributed by atoms with Crippen LogP contribution in [0.1, 0.15) is 33.1 Å². The second kappa shape index (κ2) is 9.85. The zero-order chi connectivity index (χ0) is 13.8. The van der Waals surface area contributed by atoms with Crippen LogP contribution in [0.5, 0.6) is 0 Å². The average Bonchev–Trinajstić information content (AvgIpc) is 3.08. The molecule has 2 fully saturated rings. The van der Waals surface area contributed by atoms with E-state index in [4.69, 9.17) is 10.5 Å². The van der Waals surface area contributed by atoms with Crippen molar-refractivity contribution < 1.29 is 9.53 Å². The summed E-state index contributed by atoms with van der Waals surface area (Å²) in [5, 5.41) is 0. The van der Waals surface area contributed by atoms with Gasteiger partial charge in [0.25, 0.3) is 5.91 Å². The van der Waals surface area contributed by atoms with Gasteiger partial charge in [-0.05, 0) is 32.4 Å². The zero-order valence-corrected chi connectivity index (χ0v) is 14.6. The maximum Gasteiger partial charge on any atom is 0.251 e. The first kappa shape index (κ1) is 20.9. The summed E-state index contributed by atoms with van der Waals surface area (Å²) in [6.45, 7) is 8.71. The molecule has 2 aliphatic rings. The molecule has 5 nitrogen and oxygen atoms in total. The fourth-order valence-electron chi connectivity index (χ4n) is 3.24. The molecule has 0 aliphatic carbocycles. The van der Waals surface area contributed by atoms with E-state index in [0.29, 0.717) is 12.6 Å². The number of nitrogens with zero attached hydrogens (tertiary/aromatic N) is 2. The number of halogens is 2. The first-order valence-electron chi connectivity index (χ1n) is 7.57. The van der Waals surface area contributed by atoms with Crippen LogP contribution in [0.2, 0.25) is 0 Å². The Morgan fingerprint density at radius 1 is 1.24 bits per heavy atom. The van der Waals surface area contributed by atoms with Gasteiger partial charge in [0.1, 0.15) is 6.10 Å². The Hall–Kier alpha value is -0.0700. The molecule has 0 aromatic rings. The van der Waals surface area contributed by atoms with Crippen molar-refractivity contribution in [1.29, 1.82) is 0 Å². The molecule has 2 heterocycles. The van der Waals surface area contributed by atoms with E-state index in [1.165, 1.54) is 0 Å². The molecule has 126 valence electrons. The topological polar surface area (TPSA) is 58.8 Å². The molecule has 21 heavy (non-hydrogen) atoms. The molecule has 3 atom stereocenters. The lowest BCUT2D eigenvalue weighted by Gasteiger charge is -2.26. The Labute approximate surface area is 140 Å². The summed E-state index contributed by atoms with van der Waals surface area (Å²) in [6, 6.07) is 0.519. The van der Waals surface area contributed by atoms with Crippen molar-refractivity contribution in [3.63, 3.8) is 0 Å². The normalized spacial score (nSPS) is 28.4. The highest BCUT2D eigenvalue weighted by atomic mass is 35.5. The van der Waals surface area contributed by atoms with Gasteiger partial charge in [-0.15, -0.1) is 24.8 Å². The molecule has 0 aromatic heterocycles. The first-order valence-corrected chi connectivity index (χ1v) is 7.57. The van der Waals surface area contributed by atoms with Crippen LogP contribution in [-0.2, 0) is 9.53 Å². The van der Waals surface area contributed by atoms with Crippen LogP contribution < -0.4 is 5.73 Å². The summed E-state index contributed by atoms with van der Waals surface area (Å²) < 4.78 is 5.70. The molecule has 0 bridgehead atoms. The van der Waals surface area contributed by atoms with Crippen molar-refractivity contribution >= 4 is 30.7 Å². The highest BCUT2D eigenvalue weighted by molar-refractivity contribution is 5.85. The maximum atomic E-state index is 12.4. The van der Waals surface area contributed by atoms with Crippen LogP contribution >= 0.6 is 24.8 Å². The smallest absolute Gasteiger partial charge is 0.251 e. The third-order valence-electron chi connectivity index (χ3n) is 4.45. The quantitative estimate of drug-likeness (QED) is 0.818. The first-order chi connectivity index (χ1) is 9.19. The lowest BCUT2D eigenvalue weighted by molar-refractivity contribution is -0.141. The molecular formula is C14H29Cl2N3O2. The molecule has 2 saturated heterocycles. The van der Waals surface area contributed by atoms with Gasteiger partial charge in [-0.3, -0.25) is 9.69 Å². The van der Waals surface area contributed by atoms with E-state index in [9.17, 15) is 4.79 Å². The van der Waals surface area contributed by atoms with Gasteiger partial charge < -0.3 is 15.4 Å². The Balaban J connectivity index is 0.00000200. The summed E-state index contributed by atoms with van der Waals surface area (Å²) in [5.41, 5.74) is 5.59. The second-order valence-corrected chi connectivity index (χ2v) is 5.51. The Bertz CT molecular complexity index is 317. The molecule has 0 radical (unpaired) electrons. The number of likely N-dealkylation sites (tertiary alicyclic amines) is 1. The van der Waals surface area contributed by atoms with E-state index < -0.39 is 0 Å². The third-order valence-corrected chi connectivity index (χ3v) is 4.45. The van der Waals surface area contributed by atoms with Gasteiger partial charge in [-0.1, -0.05) is 13.8 Å².